The minimum absolute atomic E-state index is 0.157. The van der Waals surface area contributed by atoms with Crippen LogP contribution in [0.25, 0.3) is 0 Å². The van der Waals surface area contributed by atoms with Gasteiger partial charge in [0.1, 0.15) is 0 Å². The van der Waals surface area contributed by atoms with Crippen LogP contribution in [0.4, 0.5) is 22.0 Å². The lowest BCUT2D eigenvalue weighted by Crippen LogP contribution is -2.27. The van der Waals surface area contributed by atoms with Crippen LogP contribution in [0, 0.1) is 35.0 Å². The van der Waals surface area contributed by atoms with E-state index in [1.54, 1.807) is 0 Å². The Morgan fingerprint density at radius 3 is 1.56 bits per heavy atom. The van der Waals surface area contributed by atoms with Crippen molar-refractivity contribution < 1.29 is 22.0 Å². The number of hydrogen-bond donors (Lipinski definition) is 0. The van der Waals surface area contributed by atoms with E-state index in [-0.39, 0.29) is 5.92 Å². The van der Waals surface area contributed by atoms with Gasteiger partial charge in [0.05, 0.1) is 0 Å². The zero-order chi connectivity index (χ0) is 12.5. The van der Waals surface area contributed by atoms with E-state index in [4.69, 9.17) is 0 Å². The van der Waals surface area contributed by atoms with Gasteiger partial charge in [-0.1, -0.05) is 25.0 Å². The molecule has 1 radical (unpaired) electrons. The van der Waals surface area contributed by atoms with Gasteiger partial charge in [0.25, 0.3) is 15.2 Å². The van der Waals surface area contributed by atoms with Crippen molar-refractivity contribution in [3.05, 3.63) is 29.1 Å². The maximum Gasteiger partial charge on any atom is 0.261 e. The zero-order valence-electron chi connectivity index (χ0n) is 8.75. The molecular formula is C10H9AlF5. The molecule has 0 saturated heterocycles. The van der Waals surface area contributed by atoms with E-state index < -0.39 is 48.7 Å². The summed E-state index contributed by atoms with van der Waals surface area (Å²) in [6.45, 7) is 3.64. The summed E-state index contributed by atoms with van der Waals surface area (Å²) in [4.78, 5) is 0. The third-order valence-corrected chi connectivity index (χ3v) is 4.13. The van der Waals surface area contributed by atoms with Gasteiger partial charge < -0.3 is 0 Å². The van der Waals surface area contributed by atoms with Crippen molar-refractivity contribution in [1.82, 2.24) is 0 Å². The smallest absolute Gasteiger partial charge is 0.205 e. The Balaban J connectivity index is 3.18. The van der Waals surface area contributed by atoms with Crippen molar-refractivity contribution in [1.29, 1.82) is 0 Å². The zero-order valence-corrected chi connectivity index (χ0v) is 9.91. The lowest BCUT2D eigenvalue weighted by Gasteiger charge is -2.08. The van der Waals surface area contributed by atoms with Crippen molar-refractivity contribution in [3.63, 3.8) is 0 Å². The Morgan fingerprint density at radius 2 is 1.19 bits per heavy atom. The minimum atomic E-state index is -2.09. The molecule has 1 aromatic carbocycles. The predicted octanol–water partition coefficient (Wildman–Crippen LogP) is 2.79. The Bertz CT molecular complexity index is 374. The Kier molecular flexibility index (Phi) is 4.34. The first-order valence-corrected chi connectivity index (χ1v) is 6.10. The largest absolute Gasteiger partial charge is 0.261 e. The molecule has 0 aliphatic carbocycles. The summed E-state index contributed by atoms with van der Waals surface area (Å²) < 4.78 is 63.9. The molecule has 0 aliphatic heterocycles. The lowest BCUT2D eigenvalue weighted by atomic mass is 10.3. The second-order valence-corrected chi connectivity index (χ2v) is 5.27. The van der Waals surface area contributed by atoms with Crippen LogP contribution in [0.15, 0.2) is 0 Å². The average molecular weight is 251 g/mol. The second-order valence-electron chi connectivity index (χ2n) is 3.82. The van der Waals surface area contributed by atoms with Crippen molar-refractivity contribution in [2.45, 2.75) is 19.1 Å². The molecule has 16 heavy (non-hydrogen) atoms. The highest BCUT2D eigenvalue weighted by Crippen LogP contribution is 2.16. The fraction of sp³-hybridized carbons (Fsp3) is 0.400. The number of benzene rings is 1. The summed E-state index contributed by atoms with van der Waals surface area (Å²) in [5.74, 6) is -9.03. The van der Waals surface area contributed by atoms with Crippen LogP contribution in [0.5, 0.6) is 0 Å². The standard InChI is InChI=1S/C6F5.C4H9.Al/c7-2-1-3(8)5(10)6(11)4(2)9;1-4(2)3;/h;4H,1H2,2-3H3;. The van der Waals surface area contributed by atoms with Crippen molar-refractivity contribution >= 4 is 19.6 Å². The van der Waals surface area contributed by atoms with Gasteiger partial charge in [-0.3, -0.25) is 0 Å². The van der Waals surface area contributed by atoms with Crippen molar-refractivity contribution in [3.8, 4) is 0 Å². The first-order chi connectivity index (χ1) is 7.36. The normalized spacial score (nSPS) is 11.0. The summed E-state index contributed by atoms with van der Waals surface area (Å²) in [5.41, 5.74) is 0. The molecule has 0 amide bonds. The SMILES string of the molecule is CC(C)[CH2][Al][c]1c(F)c(F)c(F)c(F)c1F. The highest BCUT2D eigenvalue weighted by molar-refractivity contribution is 6.53. The molecule has 0 spiro atoms. The second kappa shape index (κ2) is 5.15. The molecule has 0 nitrogen and oxygen atoms in total. The van der Waals surface area contributed by atoms with E-state index in [1.807, 2.05) is 13.8 Å². The maximum absolute atomic E-state index is 13.2. The van der Waals surface area contributed by atoms with Gasteiger partial charge in [0.2, 0.25) is 0 Å². The highest BCUT2D eigenvalue weighted by Gasteiger charge is 2.25. The van der Waals surface area contributed by atoms with Crippen LogP contribution >= 0.6 is 0 Å². The van der Waals surface area contributed by atoms with E-state index in [9.17, 15) is 22.0 Å². The number of halogens is 5. The van der Waals surface area contributed by atoms with Gasteiger partial charge >= 0.3 is 0 Å². The summed E-state index contributed by atoms with van der Waals surface area (Å²) in [6.07, 6.45) is 0. The minimum Gasteiger partial charge on any atom is -0.205 e. The van der Waals surface area contributed by atoms with E-state index in [0.717, 1.165) is 0 Å². The highest BCUT2D eigenvalue weighted by atomic mass is 27.1. The van der Waals surface area contributed by atoms with Crippen LogP contribution in [0.3, 0.4) is 0 Å². The van der Waals surface area contributed by atoms with Crippen LogP contribution in [-0.4, -0.2) is 15.2 Å². The molecule has 0 saturated carbocycles. The molecular weight excluding hydrogens is 242 g/mol. The fourth-order valence-electron chi connectivity index (χ4n) is 1.15. The molecule has 1 aromatic rings. The van der Waals surface area contributed by atoms with Gasteiger partial charge in [-0.15, -0.1) is 0 Å². The fourth-order valence-corrected chi connectivity index (χ4v) is 2.47. The first kappa shape index (κ1) is 13.5. The van der Waals surface area contributed by atoms with Gasteiger partial charge in [-0.2, -0.15) is 0 Å². The molecule has 0 aliphatic rings. The summed E-state index contributed by atoms with van der Waals surface area (Å²) in [7, 11) is 0. The molecule has 0 aromatic heterocycles. The van der Waals surface area contributed by atoms with Crippen LogP contribution in [0.2, 0.25) is 5.28 Å². The third-order valence-electron chi connectivity index (χ3n) is 2.04. The topological polar surface area (TPSA) is 0 Å². The van der Waals surface area contributed by atoms with Crippen LogP contribution in [0.1, 0.15) is 13.8 Å². The molecule has 0 unspecified atom stereocenters. The van der Waals surface area contributed by atoms with E-state index >= 15 is 0 Å². The Labute approximate surface area is 96.2 Å². The van der Waals surface area contributed by atoms with E-state index in [1.165, 1.54) is 0 Å². The third kappa shape index (κ3) is 2.56. The van der Waals surface area contributed by atoms with Crippen LogP contribution < -0.4 is 4.43 Å². The lowest BCUT2D eigenvalue weighted by molar-refractivity contribution is 0.384. The molecule has 0 bridgehead atoms. The Hall–Kier alpha value is -0.598. The van der Waals surface area contributed by atoms with Gasteiger partial charge in [-0.25, -0.2) is 22.0 Å². The van der Waals surface area contributed by atoms with E-state index in [0.29, 0.717) is 5.28 Å². The van der Waals surface area contributed by atoms with Crippen molar-refractivity contribution in [2.75, 3.05) is 0 Å². The molecule has 1 rings (SSSR count). The predicted molar refractivity (Wildman–Crippen MR) is 51.3 cm³/mol. The average Bonchev–Trinajstić information content (AvgIpc) is 2.23. The molecule has 0 heterocycles. The summed E-state index contributed by atoms with van der Waals surface area (Å²) >= 11 is -0.949. The van der Waals surface area contributed by atoms with Crippen LogP contribution in [-0.2, 0) is 0 Å². The van der Waals surface area contributed by atoms with Gasteiger partial charge in [-0.05, 0) is 4.43 Å². The number of hydrogen-bond acceptors (Lipinski definition) is 0. The van der Waals surface area contributed by atoms with Gasteiger partial charge in [0.15, 0.2) is 29.1 Å². The number of rotatable bonds is 3. The van der Waals surface area contributed by atoms with E-state index in [2.05, 4.69) is 0 Å². The molecule has 0 N–H and O–H groups in total. The molecule has 6 heteroatoms. The molecule has 0 fully saturated rings. The summed E-state index contributed by atoms with van der Waals surface area (Å²) in [5, 5.41) is 0.443. The first-order valence-electron chi connectivity index (χ1n) is 4.70. The molecule has 87 valence electrons. The summed E-state index contributed by atoms with van der Waals surface area (Å²) in [6, 6.07) is 0. The van der Waals surface area contributed by atoms with Crippen molar-refractivity contribution in [2.24, 2.45) is 5.92 Å². The Morgan fingerprint density at radius 1 is 0.812 bits per heavy atom. The molecule has 0 atom stereocenters. The van der Waals surface area contributed by atoms with Gasteiger partial charge in [0, 0.05) is 0 Å². The maximum atomic E-state index is 13.2. The quantitative estimate of drug-likeness (QED) is 0.335. The monoisotopic (exact) mass is 251 g/mol.